The van der Waals surface area contributed by atoms with Gasteiger partial charge in [-0.3, -0.25) is 0 Å². The van der Waals surface area contributed by atoms with E-state index in [9.17, 15) is 7.77 Å². The van der Waals surface area contributed by atoms with E-state index < -0.39 is 12.5 Å². The van der Waals surface area contributed by atoms with Crippen LogP contribution in [0.3, 0.4) is 0 Å². The molecule has 76 valence electrons. The Morgan fingerprint density at radius 1 is 1.15 bits per heavy atom. The molecule has 13 heavy (non-hydrogen) atoms. The number of nitrogens with two attached hydrogens (primary N) is 1. The molecular weight excluding hydrogens is 216 g/mol. The Balaban J connectivity index is 0. The molecule has 0 fully saturated rings. The standard InChI is InChI=1S/C8H11N.ClH.F2S/c9-7-6-8-4-2-1-3-5-8;;1-3-2/h1-5H,6-7,9H2;1H;. The molecule has 0 radical (unpaired) electrons. The van der Waals surface area contributed by atoms with Crippen LogP contribution in [0, 0.1) is 0 Å². The van der Waals surface area contributed by atoms with Crippen molar-refractivity contribution < 1.29 is 7.77 Å². The highest BCUT2D eigenvalue weighted by Crippen LogP contribution is 1.96. The average Bonchev–Trinajstić information content (AvgIpc) is 2.08. The maximum Gasteiger partial charge on any atom is 0.255 e. The maximum absolute atomic E-state index is 9.54. The third-order valence-electron chi connectivity index (χ3n) is 1.28. The predicted molar refractivity (Wildman–Crippen MR) is 56.3 cm³/mol. The van der Waals surface area contributed by atoms with E-state index in [1.165, 1.54) is 5.56 Å². The Morgan fingerprint density at radius 2 is 1.62 bits per heavy atom. The first-order valence-corrected chi connectivity index (χ1v) is 4.10. The quantitative estimate of drug-likeness (QED) is 0.840. The van der Waals surface area contributed by atoms with Crippen LogP contribution < -0.4 is 5.73 Å². The van der Waals surface area contributed by atoms with Crippen LogP contribution in [0.2, 0.25) is 0 Å². The van der Waals surface area contributed by atoms with Crippen LogP contribution in [-0.4, -0.2) is 6.54 Å². The zero-order valence-electron chi connectivity index (χ0n) is 6.95. The summed E-state index contributed by atoms with van der Waals surface area (Å²) in [4.78, 5) is 0. The Labute approximate surface area is 87.7 Å². The van der Waals surface area contributed by atoms with Gasteiger partial charge in [-0.05, 0) is 18.5 Å². The van der Waals surface area contributed by atoms with Crippen LogP contribution in [0.4, 0.5) is 7.77 Å². The SMILES string of the molecule is Cl.FSF.NCCc1ccccc1. The summed E-state index contributed by atoms with van der Waals surface area (Å²) in [5.41, 5.74) is 6.68. The van der Waals surface area contributed by atoms with Crippen molar-refractivity contribution in [2.45, 2.75) is 6.42 Å². The fourth-order valence-electron chi connectivity index (χ4n) is 0.811. The average molecular weight is 228 g/mol. The van der Waals surface area contributed by atoms with Gasteiger partial charge in [0.25, 0.3) is 12.5 Å². The molecular formula is C8H12ClF2NS. The molecule has 1 aromatic carbocycles. The van der Waals surface area contributed by atoms with Gasteiger partial charge in [-0.25, -0.2) is 0 Å². The van der Waals surface area contributed by atoms with Crippen LogP contribution in [0.15, 0.2) is 30.3 Å². The van der Waals surface area contributed by atoms with Gasteiger partial charge in [-0.2, -0.15) is 0 Å². The minimum absolute atomic E-state index is 0. The first kappa shape index (κ1) is 15.2. The smallest absolute Gasteiger partial charge is 0.255 e. The highest BCUT2D eigenvalue weighted by atomic mass is 35.5. The van der Waals surface area contributed by atoms with E-state index in [0.29, 0.717) is 0 Å². The molecule has 0 aliphatic heterocycles. The minimum atomic E-state index is -1.25. The Kier molecular flexibility index (Phi) is 13.6. The van der Waals surface area contributed by atoms with E-state index >= 15 is 0 Å². The molecule has 0 saturated heterocycles. The number of benzene rings is 1. The molecule has 0 unspecified atom stereocenters. The third kappa shape index (κ3) is 9.60. The van der Waals surface area contributed by atoms with Crippen LogP contribution >= 0.6 is 24.9 Å². The zero-order valence-corrected chi connectivity index (χ0v) is 8.58. The molecule has 0 saturated carbocycles. The molecule has 0 atom stereocenters. The molecule has 5 heteroatoms. The van der Waals surface area contributed by atoms with Crippen molar-refractivity contribution in [3.8, 4) is 0 Å². The summed E-state index contributed by atoms with van der Waals surface area (Å²) in [6, 6.07) is 10.3. The lowest BCUT2D eigenvalue weighted by Crippen LogP contribution is -2.01. The molecule has 2 N–H and O–H groups in total. The van der Waals surface area contributed by atoms with E-state index in [2.05, 4.69) is 12.1 Å². The predicted octanol–water partition coefficient (Wildman–Crippen LogP) is 3.10. The van der Waals surface area contributed by atoms with Gasteiger partial charge in [0.05, 0.1) is 0 Å². The normalized spacial score (nSPS) is 7.92. The highest BCUT2D eigenvalue weighted by molar-refractivity contribution is 7.89. The molecule has 1 aromatic rings. The van der Waals surface area contributed by atoms with Crippen molar-refractivity contribution in [1.29, 1.82) is 0 Å². The van der Waals surface area contributed by atoms with Crippen molar-refractivity contribution in [3.63, 3.8) is 0 Å². The summed E-state index contributed by atoms with van der Waals surface area (Å²) in [7, 11) is 0. The number of hydrogen-bond donors (Lipinski definition) is 1. The summed E-state index contributed by atoms with van der Waals surface area (Å²) in [6.45, 7) is 0.740. The lowest BCUT2D eigenvalue weighted by atomic mass is 10.2. The minimum Gasteiger partial charge on any atom is -0.330 e. The maximum atomic E-state index is 9.54. The fourth-order valence-corrected chi connectivity index (χ4v) is 0.811. The Hall–Kier alpha value is -0.320. The number of hydrogen-bond acceptors (Lipinski definition) is 2. The second-order valence-corrected chi connectivity index (χ2v) is 2.20. The summed E-state index contributed by atoms with van der Waals surface area (Å²) in [5.74, 6) is 0. The van der Waals surface area contributed by atoms with Crippen molar-refractivity contribution in [3.05, 3.63) is 35.9 Å². The Morgan fingerprint density at radius 3 is 2.00 bits per heavy atom. The first-order chi connectivity index (χ1) is 5.85. The van der Waals surface area contributed by atoms with E-state index in [1.807, 2.05) is 18.2 Å². The zero-order chi connectivity index (χ0) is 9.23. The van der Waals surface area contributed by atoms with Crippen LogP contribution in [-0.2, 0) is 6.42 Å². The molecule has 0 spiro atoms. The van der Waals surface area contributed by atoms with Gasteiger partial charge in [-0.15, -0.1) is 20.2 Å². The molecule has 0 bridgehead atoms. The summed E-state index contributed by atoms with van der Waals surface area (Å²) in [6.07, 6.45) is 0.987. The molecule has 0 aromatic heterocycles. The second-order valence-electron chi connectivity index (χ2n) is 2.08. The molecule has 1 rings (SSSR count). The van der Waals surface area contributed by atoms with E-state index in [1.54, 1.807) is 0 Å². The van der Waals surface area contributed by atoms with Crippen molar-refractivity contribution in [1.82, 2.24) is 0 Å². The highest BCUT2D eigenvalue weighted by Gasteiger charge is 1.84. The first-order valence-electron chi connectivity index (χ1n) is 3.48. The largest absolute Gasteiger partial charge is 0.330 e. The van der Waals surface area contributed by atoms with Crippen molar-refractivity contribution in [2.75, 3.05) is 6.54 Å². The van der Waals surface area contributed by atoms with Gasteiger partial charge in [0.15, 0.2) is 0 Å². The van der Waals surface area contributed by atoms with Crippen molar-refractivity contribution >= 4 is 24.9 Å². The van der Waals surface area contributed by atoms with Crippen LogP contribution in [0.25, 0.3) is 0 Å². The second kappa shape index (κ2) is 11.7. The molecule has 0 heterocycles. The fraction of sp³-hybridized carbons (Fsp3) is 0.250. The van der Waals surface area contributed by atoms with E-state index in [4.69, 9.17) is 5.73 Å². The van der Waals surface area contributed by atoms with Crippen molar-refractivity contribution in [2.24, 2.45) is 5.73 Å². The molecule has 0 aliphatic rings. The van der Waals surface area contributed by atoms with Gasteiger partial charge < -0.3 is 5.73 Å². The number of rotatable bonds is 2. The van der Waals surface area contributed by atoms with E-state index in [0.717, 1.165) is 13.0 Å². The van der Waals surface area contributed by atoms with Crippen LogP contribution in [0.5, 0.6) is 0 Å². The summed E-state index contributed by atoms with van der Waals surface area (Å²) >= 11 is -1.25. The van der Waals surface area contributed by atoms with Gasteiger partial charge in [-0.1, -0.05) is 30.3 Å². The Bertz CT molecular complexity index is 187. The summed E-state index contributed by atoms with van der Waals surface area (Å²) < 4.78 is 19.1. The van der Waals surface area contributed by atoms with Gasteiger partial charge in [0.1, 0.15) is 0 Å². The van der Waals surface area contributed by atoms with Crippen LogP contribution in [0.1, 0.15) is 5.56 Å². The van der Waals surface area contributed by atoms with Gasteiger partial charge in [0, 0.05) is 0 Å². The molecule has 0 amide bonds. The third-order valence-corrected chi connectivity index (χ3v) is 1.28. The van der Waals surface area contributed by atoms with Gasteiger partial charge >= 0.3 is 0 Å². The topological polar surface area (TPSA) is 26.0 Å². The van der Waals surface area contributed by atoms with E-state index in [-0.39, 0.29) is 12.4 Å². The molecule has 1 nitrogen and oxygen atoms in total. The number of halogens is 3. The lowest BCUT2D eigenvalue weighted by molar-refractivity contribution is 0.814. The monoisotopic (exact) mass is 227 g/mol. The van der Waals surface area contributed by atoms with Gasteiger partial charge in [0.2, 0.25) is 0 Å². The lowest BCUT2D eigenvalue weighted by Gasteiger charge is -1.93. The molecule has 0 aliphatic carbocycles. The summed E-state index contributed by atoms with van der Waals surface area (Å²) in [5, 5.41) is 0.